The molecule has 1 aromatic heterocycles. The predicted octanol–water partition coefficient (Wildman–Crippen LogP) is 2.86. The zero-order valence-corrected chi connectivity index (χ0v) is 14.2. The summed E-state index contributed by atoms with van der Waals surface area (Å²) >= 11 is 0. The molecule has 0 aromatic carbocycles. The number of aromatic nitrogens is 1. The number of halogens is 1. The third kappa shape index (κ3) is 3.27. The second-order valence-electron chi connectivity index (χ2n) is 6.90. The molecule has 0 bridgehead atoms. The average Bonchev–Trinajstić information content (AvgIpc) is 3.07. The fourth-order valence-electron chi connectivity index (χ4n) is 4.11. The maximum absolute atomic E-state index is 13.8. The molecule has 3 atom stereocenters. The number of rotatable bonds is 3. The van der Waals surface area contributed by atoms with E-state index in [-0.39, 0.29) is 30.0 Å². The summed E-state index contributed by atoms with van der Waals surface area (Å²) in [6.07, 6.45) is 8.75. The number of hydrogen-bond donors (Lipinski definition) is 0. The Hall–Kier alpha value is -1.95. The zero-order chi connectivity index (χ0) is 17.2. The molecule has 1 aliphatic heterocycles. The van der Waals surface area contributed by atoms with Crippen molar-refractivity contribution in [2.45, 2.75) is 56.8 Å². The third-order valence-electron chi connectivity index (χ3n) is 5.35. The number of carbonyl (C=O) groups excluding carboxylic acids is 1. The molecule has 25 heavy (non-hydrogen) atoms. The first-order valence-corrected chi connectivity index (χ1v) is 9.13. The molecule has 2 fully saturated rings. The topological polar surface area (TPSA) is 51.7 Å². The van der Waals surface area contributed by atoms with Crippen molar-refractivity contribution >= 4 is 5.91 Å². The molecule has 0 radical (unpaired) electrons. The molecule has 3 aliphatic rings. The summed E-state index contributed by atoms with van der Waals surface area (Å²) in [7, 11) is 0. The molecule has 6 heteroatoms. The van der Waals surface area contributed by atoms with Gasteiger partial charge >= 0.3 is 0 Å². The van der Waals surface area contributed by atoms with Crippen LogP contribution in [0.2, 0.25) is 0 Å². The molecule has 1 saturated heterocycles. The van der Waals surface area contributed by atoms with E-state index in [4.69, 9.17) is 9.47 Å². The molecular formula is C19H23FN2O3. The van der Waals surface area contributed by atoms with Crippen LogP contribution in [0.25, 0.3) is 0 Å². The van der Waals surface area contributed by atoms with Gasteiger partial charge in [0.15, 0.2) is 5.82 Å². The normalized spacial score (nSPS) is 29.1. The summed E-state index contributed by atoms with van der Waals surface area (Å²) < 4.78 is 25.5. The van der Waals surface area contributed by atoms with Crippen LogP contribution < -0.4 is 4.74 Å². The molecule has 1 amide bonds. The van der Waals surface area contributed by atoms with Crippen molar-refractivity contribution in [3.63, 3.8) is 0 Å². The molecule has 0 spiro atoms. The number of morpholine rings is 1. The Bertz CT molecular complexity index is 678. The first-order chi connectivity index (χ1) is 12.2. The van der Waals surface area contributed by atoms with Crippen LogP contribution in [0, 0.1) is 5.82 Å². The Kier molecular flexibility index (Phi) is 4.70. The lowest BCUT2D eigenvalue weighted by Gasteiger charge is -2.39. The van der Waals surface area contributed by atoms with Crippen LogP contribution in [0.4, 0.5) is 4.39 Å². The molecule has 1 aromatic rings. The van der Waals surface area contributed by atoms with Crippen molar-refractivity contribution in [2.75, 3.05) is 13.2 Å². The van der Waals surface area contributed by atoms with E-state index in [1.54, 1.807) is 0 Å². The van der Waals surface area contributed by atoms with Gasteiger partial charge in [-0.1, -0.05) is 6.08 Å². The van der Waals surface area contributed by atoms with Crippen LogP contribution in [-0.4, -0.2) is 47.2 Å². The van der Waals surface area contributed by atoms with Gasteiger partial charge in [0, 0.05) is 18.3 Å². The highest BCUT2D eigenvalue weighted by Gasteiger charge is 2.46. The van der Waals surface area contributed by atoms with Gasteiger partial charge < -0.3 is 14.4 Å². The number of allylic oxidation sites excluding steroid dienone is 1. The van der Waals surface area contributed by atoms with Gasteiger partial charge in [0.25, 0.3) is 5.88 Å². The molecule has 4 rings (SSSR count). The summed E-state index contributed by atoms with van der Waals surface area (Å²) in [4.78, 5) is 18.8. The van der Waals surface area contributed by atoms with Crippen LogP contribution in [0.1, 0.15) is 38.5 Å². The van der Waals surface area contributed by atoms with E-state index in [9.17, 15) is 9.18 Å². The largest absolute Gasteiger partial charge is 0.469 e. The first-order valence-electron chi connectivity index (χ1n) is 9.13. The van der Waals surface area contributed by atoms with Gasteiger partial charge in [-0.15, -0.1) is 0 Å². The van der Waals surface area contributed by atoms with Crippen molar-refractivity contribution in [1.29, 1.82) is 0 Å². The molecule has 5 nitrogen and oxygen atoms in total. The van der Waals surface area contributed by atoms with E-state index < -0.39 is 5.82 Å². The number of fused-ring (bicyclic) bond motifs is 1. The minimum absolute atomic E-state index is 0.000787. The maximum atomic E-state index is 13.8. The van der Waals surface area contributed by atoms with Gasteiger partial charge in [0.2, 0.25) is 5.91 Å². The Morgan fingerprint density at radius 1 is 1.36 bits per heavy atom. The highest BCUT2D eigenvalue weighted by atomic mass is 19.1. The zero-order valence-electron chi connectivity index (χ0n) is 14.2. The lowest BCUT2D eigenvalue weighted by atomic mass is 9.97. The van der Waals surface area contributed by atoms with E-state index in [0.29, 0.717) is 13.2 Å². The SMILES string of the molecule is O=C(C1=CCCCC1)N1CCO[C@H]2[C@H](Oc3ncccc3F)CC[C@@H]21. The van der Waals surface area contributed by atoms with Gasteiger partial charge in [0.1, 0.15) is 12.2 Å². The second kappa shape index (κ2) is 7.12. The fraction of sp³-hybridized carbons (Fsp3) is 0.579. The van der Waals surface area contributed by atoms with Gasteiger partial charge in [-0.2, -0.15) is 0 Å². The predicted molar refractivity (Wildman–Crippen MR) is 89.6 cm³/mol. The third-order valence-corrected chi connectivity index (χ3v) is 5.35. The summed E-state index contributed by atoms with van der Waals surface area (Å²) in [5, 5.41) is 0. The second-order valence-corrected chi connectivity index (χ2v) is 6.90. The molecule has 0 N–H and O–H groups in total. The number of hydrogen-bond acceptors (Lipinski definition) is 4. The molecule has 1 saturated carbocycles. The van der Waals surface area contributed by atoms with Crippen LogP contribution in [0.15, 0.2) is 30.0 Å². The van der Waals surface area contributed by atoms with Crippen LogP contribution in [0.5, 0.6) is 5.88 Å². The lowest BCUT2D eigenvalue weighted by molar-refractivity contribution is -0.144. The van der Waals surface area contributed by atoms with Gasteiger partial charge in [-0.05, 0) is 50.7 Å². The number of pyridine rings is 1. The molecule has 2 aliphatic carbocycles. The Balaban J connectivity index is 1.47. The van der Waals surface area contributed by atoms with Gasteiger partial charge in [0.05, 0.1) is 12.6 Å². The number of nitrogens with zero attached hydrogens (tertiary/aromatic N) is 2. The lowest BCUT2D eigenvalue weighted by Crippen LogP contribution is -2.54. The van der Waals surface area contributed by atoms with Crippen molar-refractivity contribution in [1.82, 2.24) is 9.88 Å². The number of amides is 1. The molecule has 2 heterocycles. The Morgan fingerprint density at radius 3 is 3.08 bits per heavy atom. The van der Waals surface area contributed by atoms with E-state index >= 15 is 0 Å². The number of ether oxygens (including phenoxy) is 2. The molecular weight excluding hydrogens is 323 g/mol. The van der Waals surface area contributed by atoms with Crippen molar-refractivity contribution in [3.05, 3.63) is 35.8 Å². The Labute approximate surface area is 146 Å². The standard InChI is InChI=1S/C19H23FN2O3/c20-14-7-4-10-21-18(14)25-16-9-8-15-17(16)24-12-11-22(15)19(23)13-5-2-1-3-6-13/h4-5,7,10,15-17H,1-3,6,8-9,11-12H2/t15-,16+,17+/m0/s1. The molecule has 0 unspecified atom stereocenters. The van der Waals surface area contributed by atoms with E-state index in [0.717, 1.165) is 44.1 Å². The van der Waals surface area contributed by atoms with Gasteiger partial charge in [-0.3, -0.25) is 4.79 Å². The first kappa shape index (κ1) is 16.5. The number of carbonyl (C=O) groups is 1. The van der Waals surface area contributed by atoms with Crippen LogP contribution in [-0.2, 0) is 9.53 Å². The van der Waals surface area contributed by atoms with Crippen molar-refractivity contribution < 1.29 is 18.7 Å². The highest BCUT2D eigenvalue weighted by molar-refractivity contribution is 5.93. The van der Waals surface area contributed by atoms with Crippen molar-refractivity contribution in [3.8, 4) is 5.88 Å². The van der Waals surface area contributed by atoms with Crippen LogP contribution >= 0.6 is 0 Å². The highest BCUT2D eigenvalue weighted by Crippen LogP contribution is 2.34. The quantitative estimate of drug-likeness (QED) is 0.844. The maximum Gasteiger partial charge on any atom is 0.250 e. The fourth-order valence-corrected chi connectivity index (χ4v) is 4.11. The minimum atomic E-state index is -0.470. The summed E-state index contributed by atoms with van der Waals surface area (Å²) in [6.45, 7) is 1.10. The Morgan fingerprint density at radius 2 is 2.28 bits per heavy atom. The van der Waals surface area contributed by atoms with Gasteiger partial charge in [-0.25, -0.2) is 9.37 Å². The van der Waals surface area contributed by atoms with E-state index in [1.807, 2.05) is 4.90 Å². The minimum Gasteiger partial charge on any atom is -0.469 e. The van der Waals surface area contributed by atoms with Crippen molar-refractivity contribution in [2.24, 2.45) is 0 Å². The molecule has 134 valence electrons. The monoisotopic (exact) mass is 346 g/mol. The van der Waals surface area contributed by atoms with E-state index in [2.05, 4.69) is 11.1 Å². The summed E-state index contributed by atoms with van der Waals surface area (Å²) in [5.74, 6) is -0.320. The average molecular weight is 346 g/mol. The summed E-state index contributed by atoms with van der Waals surface area (Å²) in [5.41, 5.74) is 0.937. The smallest absolute Gasteiger partial charge is 0.250 e. The summed E-state index contributed by atoms with van der Waals surface area (Å²) in [6, 6.07) is 2.87. The van der Waals surface area contributed by atoms with E-state index in [1.165, 1.54) is 18.3 Å². The van der Waals surface area contributed by atoms with Crippen LogP contribution in [0.3, 0.4) is 0 Å².